The Morgan fingerprint density at radius 3 is 2.50 bits per heavy atom. The number of ether oxygens (including phenoxy) is 2. The zero-order valence-corrected chi connectivity index (χ0v) is 18.9. The summed E-state index contributed by atoms with van der Waals surface area (Å²) in [6, 6.07) is 18.8. The molecule has 0 fully saturated rings. The van der Waals surface area contributed by atoms with E-state index in [1.165, 1.54) is 28.8 Å². The Morgan fingerprint density at radius 2 is 1.76 bits per heavy atom. The van der Waals surface area contributed by atoms with Crippen LogP contribution in [0, 0.1) is 11.6 Å². The summed E-state index contributed by atoms with van der Waals surface area (Å²) in [7, 11) is 1.57. The molecule has 4 rings (SSSR count). The first-order chi connectivity index (χ1) is 16.5. The van der Waals surface area contributed by atoms with Crippen LogP contribution in [0.1, 0.15) is 5.82 Å². The van der Waals surface area contributed by atoms with Crippen molar-refractivity contribution < 1.29 is 23.0 Å². The van der Waals surface area contributed by atoms with E-state index in [-0.39, 0.29) is 24.0 Å². The molecule has 0 saturated heterocycles. The van der Waals surface area contributed by atoms with Gasteiger partial charge in [-0.3, -0.25) is 9.36 Å². The lowest BCUT2D eigenvalue weighted by Crippen LogP contribution is -2.15. The molecule has 1 N–H and O–H groups in total. The summed E-state index contributed by atoms with van der Waals surface area (Å²) in [6.07, 6.45) is 0. The first-order valence-corrected chi connectivity index (χ1v) is 11.2. The number of hydrogen-bond acceptors (Lipinski definition) is 6. The van der Waals surface area contributed by atoms with E-state index in [1.54, 1.807) is 55.6 Å². The molecule has 174 valence electrons. The second-order valence-electron chi connectivity index (χ2n) is 7.00. The Morgan fingerprint density at radius 1 is 1.00 bits per heavy atom. The van der Waals surface area contributed by atoms with Crippen LogP contribution < -0.4 is 14.8 Å². The Hall–Kier alpha value is -3.92. The average molecular weight is 483 g/mol. The first-order valence-electron chi connectivity index (χ1n) is 10.2. The van der Waals surface area contributed by atoms with Crippen LogP contribution in [-0.2, 0) is 11.4 Å². The minimum absolute atomic E-state index is 0.0176. The lowest BCUT2D eigenvalue weighted by atomic mass is 10.3. The summed E-state index contributed by atoms with van der Waals surface area (Å²) in [5, 5.41) is 11.2. The number of hydrogen-bond donors (Lipinski definition) is 1. The Kier molecular flexibility index (Phi) is 7.38. The van der Waals surface area contributed by atoms with Gasteiger partial charge in [0.1, 0.15) is 29.7 Å². The lowest BCUT2D eigenvalue weighted by molar-refractivity contribution is -0.113. The van der Waals surface area contributed by atoms with Crippen LogP contribution in [0.5, 0.6) is 11.5 Å². The second kappa shape index (κ2) is 10.8. The molecule has 0 unspecified atom stereocenters. The zero-order valence-electron chi connectivity index (χ0n) is 18.1. The van der Waals surface area contributed by atoms with Gasteiger partial charge in [-0.15, -0.1) is 10.2 Å². The molecule has 10 heteroatoms. The predicted octanol–water partition coefficient (Wildman–Crippen LogP) is 4.86. The molecule has 3 aromatic carbocycles. The number of benzene rings is 3. The predicted molar refractivity (Wildman–Crippen MR) is 124 cm³/mol. The molecule has 1 aromatic heterocycles. The summed E-state index contributed by atoms with van der Waals surface area (Å²) in [6.45, 7) is 0.0176. The van der Waals surface area contributed by atoms with Crippen LogP contribution in [0.3, 0.4) is 0 Å². The first kappa shape index (κ1) is 23.2. The van der Waals surface area contributed by atoms with E-state index >= 15 is 0 Å². The molecule has 1 heterocycles. The van der Waals surface area contributed by atoms with Crippen molar-refractivity contribution in [2.75, 3.05) is 18.2 Å². The molecular weight excluding hydrogens is 462 g/mol. The lowest BCUT2D eigenvalue weighted by Gasteiger charge is -2.12. The van der Waals surface area contributed by atoms with E-state index < -0.39 is 11.6 Å². The highest BCUT2D eigenvalue weighted by molar-refractivity contribution is 7.99. The van der Waals surface area contributed by atoms with E-state index in [2.05, 4.69) is 15.5 Å². The fourth-order valence-corrected chi connectivity index (χ4v) is 3.84. The third-order valence-electron chi connectivity index (χ3n) is 4.66. The van der Waals surface area contributed by atoms with Gasteiger partial charge in [0.25, 0.3) is 0 Å². The van der Waals surface area contributed by atoms with Gasteiger partial charge >= 0.3 is 0 Å². The SMILES string of the molecule is COc1ccc(OCc2nnc(SCC(=O)Nc3cccc(F)c3)n2-c2ccccc2F)cc1. The van der Waals surface area contributed by atoms with Crippen LogP contribution in [0.25, 0.3) is 5.69 Å². The van der Waals surface area contributed by atoms with Crippen LogP contribution in [0.4, 0.5) is 14.5 Å². The fraction of sp³-hybridized carbons (Fsp3) is 0.125. The molecule has 0 radical (unpaired) electrons. The molecular formula is C24H20F2N4O3S. The summed E-state index contributed by atoms with van der Waals surface area (Å²) in [5.41, 5.74) is 0.573. The standard InChI is InChI=1S/C24H20F2N4O3S/c1-32-18-9-11-19(12-10-18)33-14-22-28-29-24(30(22)21-8-3-2-7-20(21)26)34-15-23(31)27-17-6-4-5-16(25)13-17/h2-13H,14-15H2,1H3,(H,27,31). The van der Waals surface area contributed by atoms with Crippen LogP contribution in [0.15, 0.2) is 78.0 Å². The molecule has 0 aliphatic heterocycles. The monoisotopic (exact) mass is 482 g/mol. The van der Waals surface area contributed by atoms with Crippen molar-refractivity contribution in [2.24, 2.45) is 0 Å². The van der Waals surface area contributed by atoms with Gasteiger partial charge in [0.2, 0.25) is 5.91 Å². The van der Waals surface area contributed by atoms with Gasteiger partial charge in [0.05, 0.1) is 18.6 Å². The molecule has 1 amide bonds. The number of halogens is 2. The zero-order chi connectivity index (χ0) is 23.9. The summed E-state index contributed by atoms with van der Waals surface area (Å²) in [4.78, 5) is 12.4. The second-order valence-corrected chi connectivity index (χ2v) is 7.94. The highest BCUT2D eigenvalue weighted by atomic mass is 32.2. The minimum atomic E-state index is -0.473. The highest BCUT2D eigenvalue weighted by Crippen LogP contribution is 2.25. The van der Waals surface area contributed by atoms with Crippen molar-refractivity contribution in [2.45, 2.75) is 11.8 Å². The molecule has 0 spiro atoms. The van der Waals surface area contributed by atoms with Crippen LogP contribution in [0.2, 0.25) is 0 Å². The number of methoxy groups -OCH3 is 1. The van der Waals surface area contributed by atoms with Crippen LogP contribution in [-0.4, -0.2) is 33.5 Å². The van der Waals surface area contributed by atoms with Gasteiger partial charge < -0.3 is 14.8 Å². The molecule has 0 aliphatic carbocycles. The van der Waals surface area contributed by atoms with Gasteiger partial charge in [-0.1, -0.05) is 30.0 Å². The van der Waals surface area contributed by atoms with Gasteiger partial charge in [0, 0.05) is 5.69 Å². The van der Waals surface area contributed by atoms with E-state index in [0.29, 0.717) is 28.2 Å². The number of carbonyl (C=O) groups is 1. The van der Waals surface area contributed by atoms with Crippen molar-refractivity contribution >= 4 is 23.4 Å². The van der Waals surface area contributed by atoms with E-state index in [4.69, 9.17) is 9.47 Å². The number of rotatable bonds is 9. The van der Waals surface area contributed by atoms with Crippen molar-refractivity contribution in [3.63, 3.8) is 0 Å². The third kappa shape index (κ3) is 5.70. The fourth-order valence-electron chi connectivity index (χ4n) is 3.08. The molecule has 4 aromatic rings. The van der Waals surface area contributed by atoms with Crippen molar-refractivity contribution in [3.8, 4) is 17.2 Å². The Bertz CT molecular complexity index is 1280. The highest BCUT2D eigenvalue weighted by Gasteiger charge is 2.19. The number of aromatic nitrogens is 3. The molecule has 0 bridgehead atoms. The van der Waals surface area contributed by atoms with Crippen LogP contribution >= 0.6 is 11.8 Å². The Balaban J connectivity index is 1.51. The average Bonchev–Trinajstić information content (AvgIpc) is 3.24. The summed E-state index contributed by atoms with van der Waals surface area (Å²) >= 11 is 1.07. The summed E-state index contributed by atoms with van der Waals surface area (Å²) in [5.74, 6) is 0.293. The van der Waals surface area contributed by atoms with Crippen molar-refractivity contribution in [1.82, 2.24) is 14.8 Å². The maximum atomic E-state index is 14.6. The number of nitrogens with zero attached hydrogens (tertiary/aromatic N) is 3. The molecule has 0 aliphatic rings. The minimum Gasteiger partial charge on any atom is -0.497 e. The van der Waals surface area contributed by atoms with Gasteiger partial charge in [-0.25, -0.2) is 8.78 Å². The maximum absolute atomic E-state index is 14.6. The van der Waals surface area contributed by atoms with Crippen molar-refractivity contribution in [3.05, 3.63) is 90.3 Å². The molecule has 0 atom stereocenters. The largest absolute Gasteiger partial charge is 0.497 e. The third-order valence-corrected chi connectivity index (χ3v) is 5.59. The quantitative estimate of drug-likeness (QED) is 0.343. The Labute approximate surface area is 198 Å². The number of para-hydroxylation sites is 1. The number of anilines is 1. The number of amides is 1. The topological polar surface area (TPSA) is 78.3 Å². The number of thioether (sulfide) groups is 1. The van der Waals surface area contributed by atoms with Crippen molar-refractivity contribution in [1.29, 1.82) is 0 Å². The summed E-state index contributed by atoms with van der Waals surface area (Å²) < 4.78 is 40.4. The van der Waals surface area contributed by atoms with E-state index in [0.717, 1.165) is 11.8 Å². The number of nitrogens with one attached hydrogen (secondary N) is 1. The van der Waals surface area contributed by atoms with Gasteiger partial charge in [0.15, 0.2) is 11.0 Å². The van der Waals surface area contributed by atoms with E-state index in [9.17, 15) is 13.6 Å². The molecule has 34 heavy (non-hydrogen) atoms. The molecule has 0 saturated carbocycles. The number of carbonyl (C=O) groups excluding carboxylic acids is 1. The van der Waals surface area contributed by atoms with Gasteiger partial charge in [-0.05, 0) is 54.6 Å². The normalized spacial score (nSPS) is 10.7. The smallest absolute Gasteiger partial charge is 0.234 e. The molecule has 7 nitrogen and oxygen atoms in total. The van der Waals surface area contributed by atoms with E-state index in [1.807, 2.05) is 0 Å². The maximum Gasteiger partial charge on any atom is 0.234 e. The van der Waals surface area contributed by atoms with Gasteiger partial charge in [-0.2, -0.15) is 0 Å².